The molecule has 3 N–H and O–H groups in total. The maximum Gasteiger partial charge on any atom is 0.253 e. The fourth-order valence-corrected chi connectivity index (χ4v) is 2.33. The van der Waals surface area contributed by atoms with Gasteiger partial charge in [-0.15, -0.1) is 0 Å². The summed E-state index contributed by atoms with van der Waals surface area (Å²) in [6.07, 6.45) is 0. The Morgan fingerprint density at radius 1 is 1.22 bits per heavy atom. The Labute approximate surface area is 138 Å². The molecule has 0 aliphatic heterocycles. The van der Waals surface area contributed by atoms with Crippen LogP contribution in [-0.4, -0.2) is 23.0 Å². The molecule has 122 valence electrons. The third-order valence-corrected chi connectivity index (χ3v) is 4.50. The highest BCUT2D eigenvalue weighted by molar-refractivity contribution is 5.96. The fraction of sp³-hybridized carbons (Fsp3) is 0.368. The average Bonchev–Trinajstić information content (AvgIpc) is 2.55. The van der Waals surface area contributed by atoms with Gasteiger partial charge in [-0.3, -0.25) is 9.78 Å². The van der Waals surface area contributed by atoms with Crippen molar-refractivity contribution >= 4 is 5.91 Å². The van der Waals surface area contributed by atoms with Crippen molar-refractivity contribution in [2.75, 3.05) is 6.54 Å². The van der Waals surface area contributed by atoms with Gasteiger partial charge in [0.15, 0.2) is 0 Å². The molecule has 1 amide bonds. The fourth-order valence-electron chi connectivity index (χ4n) is 2.33. The molecule has 2 rings (SSSR count). The van der Waals surface area contributed by atoms with Gasteiger partial charge >= 0.3 is 0 Å². The van der Waals surface area contributed by atoms with E-state index in [1.165, 1.54) is 0 Å². The zero-order chi connectivity index (χ0) is 17.0. The standard InChI is InChI=1S/C19H25N3O/c1-13(2)19(4,12-20)22-18(23)16-10-11-17(21-14(16)3)15-8-6-5-7-9-15/h5-11,13H,12,20H2,1-4H3,(H,22,23). The van der Waals surface area contributed by atoms with Gasteiger partial charge in [0.2, 0.25) is 0 Å². The number of carbonyl (C=O) groups excluding carboxylic acids is 1. The third kappa shape index (κ3) is 3.77. The van der Waals surface area contributed by atoms with E-state index in [1.54, 1.807) is 0 Å². The Bertz CT molecular complexity index is 682. The van der Waals surface area contributed by atoms with E-state index in [-0.39, 0.29) is 11.8 Å². The molecule has 1 atom stereocenters. The number of pyridine rings is 1. The van der Waals surface area contributed by atoms with Crippen LogP contribution in [0.5, 0.6) is 0 Å². The largest absolute Gasteiger partial charge is 0.345 e. The van der Waals surface area contributed by atoms with Crippen molar-refractivity contribution in [1.82, 2.24) is 10.3 Å². The van der Waals surface area contributed by atoms with Gasteiger partial charge < -0.3 is 11.1 Å². The normalized spacial score (nSPS) is 13.7. The molecule has 0 spiro atoms. The lowest BCUT2D eigenvalue weighted by Gasteiger charge is -2.33. The van der Waals surface area contributed by atoms with Crippen LogP contribution >= 0.6 is 0 Å². The summed E-state index contributed by atoms with van der Waals surface area (Å²) in [5.41, 5.74) is 8.62. The first kappa shape index (κ1) is 17.2. The van der Waals surface area contributed by atoms with Crippen molar-refractivity contribution in [2.24, 2.45) is 11.7 Å². The molecule has 0 fully saturated rings. The molecule has 1 heterocycles. The van der Waals surface area contributed by atoms with Gasteiger partial charge in [0.1, 0.15) is 0 Å². The molecular formula is C19H25N3O. The Morgan fingerprint density at radius 2 is 1.87 bits per heavy atom. The van der Waals surface area contributed by atoms with Crippen LogP contribution in [0.1, 0.15) is 36.8 Å². The monoisotopic (exact) mass is 311 g/mol. The van der Waals surface area contributed by atoms with Crippen molar-refractivity contribution in [3.8, 4) is 11.3 Å². The van der Waals surface area contributed by atoms with Gasteiger partial charge in [0, 0.05) is 12.1 Å². The number of carbonyl (C=O) groups is 1. The maximum absolute atomic E-state index is 12.6. The van der Waals surface area contributed by atoms with Crippen LogP contribution in [0, 0.1) is 12.8 Å². The summed E-state index contributed by atoms with van der Waals surface area (Å²) >= 11 is 0. The minimum Gasteiger partial charge on any atom is -0.345 e. The number of hydrogen-bond donors (Lipinski definition) is 2. The van der Waals surface area contributed by atoms with Crippen LogP contribution in [0.15, 0.2) is 42.5 Å². The zero-order valence-electron chi connectivity index (χ0n) is 14.3. The predicted octanol–water partition coefficient (Wildman–Crippen LogP) is 3.16. The smallest absolute Gasteiger partial charge is 0.253 e. The lowest BCUT2D eigenvalue weighted by atomic mass is 9.88. The highest BCUT2D eigenvalue weighted by atomic mass is 16.1. The number of amides is 1. The molecular weight excluding hydrogens is 286 g/mol. The van der Waals surface area contributed by atoms with E-state index < -0.39 is 5.54 Å². The van der Waals surface area contributed by atoms with Gasteiger partial charge in [-0.05, 0) is 31.9 Å². The van der Waals surface area contributed by atoms with E-state index in [4.69, 9.17) is 5.73 Å². The molecule has 0 saturated carbocycles. The second kappa shape index (κ2) is 6.92. The molecule has 0 bridgehead atoms. The number of benzene rings is 1. The molecule has 0 radical (unpaired) electrons. The van der Waals surface area contributed by atoms with E-state index >= 15 is 0 Å². The quantitative estimate of drug-likeness (QED) is 0.891. The number of hydrogen-bond acceptors (Lipinski definition) is 3. The topological polar surface area (TPSA) is 68.0 Å². The van der Waals surface area contributed by atoms with Crippen LogP contribution in [-0.2, 0) is 0 Å². The Morgan fingerprint density at radius 3 is 2.39 bits per heavy atom. The van der Waals surface area contributed by atoms with E-state index in [0.717, 1.165) is 11.3 Å². The predicted molar refractivity (Wildman–Crippen MR) is 94.2 cm³/mol. The second-order valence-corrected chi connectivity index (χ2v) is 6.43. The number of rotatable bonds is 5. The molecule has 1 aromatic heterocycles. The number of nitrogens with two attached hydrogens (primary N) is 1. The molecule has 0 aliphatic rings. The van der Waals surface area contributed by atoms with Gasteiger partial charge in [0.25, 0.3) is 5.91 Å². The number of aromatic nitrogens is 1. The average molecular weight is 311 g/mol. The van der Waals surface area contributed by atoms with Crippen LogP contribution in [0.2, 0.25) is 0 Å². The van der Waals surface area contributed by atoms with E-state index in [1.807, 2.05) is 56.3 Å². The first-order valence-electron chi connectivity index (χ1n) is 7.93. The molecule has 23 heavy (non-hydrogen) atoms. The van der Waals surface area contributed by atoms with Gasteiger partial charge in [-0.25, -0.2) is 0 Å². The Hall–Kier alpha value is -2.20. The van der Waals surface area contributed by atoms with E-state index in [9.17, 15) is 4.79 Å². The first-order chi connectivity index (χ1) is 10.9. The SMILES string of the molecule is Cc1nc(-c2ccccc2)ccc1C(=O)NC(C)(CN)C(C)C. The number of nitrogens with one attached hydrogen (secondary N) is 1. The first-order valence-corrected chi connectivity index (χ1v) is 7.93. The lowest BCUT2D eigenvalue weighted by molar-refractivity contribution is 0.0882. The highest BCUT2D eigenvalue weighted by Gasteiger charge is 2.29. The molecule has 0 saturated heterocycles. The van der Waals surface area contributed by atoms with Crippen LogP contribution in [0.4, 0.5) is 0 Å². The molecule has 1 unspecified atom stereocenters. The summed E-state index contributed by atoms with van der Waals surface area (Å²) in [6.45, 7) is 8.33. The molecule has 2 aromatic rings. The summed E-state index contributed by atoms with van der Waals surface area (Å²) < 4.78 is 0. The molecule has 4 nitrogen and oxygen atoms in total. The van der Waals surface area contributed by atoms with Gasteiger partial charge in [-0.1, -0.05) is 44.2 Å². The summed E-state index contributed by atoms with van der Waals surface area (Å²) in [5.74, 6) is 0.115. The van der Waals surface area contributed by atoms with Crippen molar-refractivity contribution in [2.45, 2.75) is 33.2 Å². The number of nitrogens with zero attached hydrogens (tertiary/aromatic N) is 1. The Kier molecular flexibility index (Phi) is 5.16. The Balaban J connectivity index is 2.26. The summed E-state index contributed by atoms with van der Waals surface area (Å²) in [4.78, 5) is 17.2. The minimum atomic E-state index is -0.429. The van der Waals surface area contributed by atoms with Crippen molar-refractivity contribution in [1.29, 1.82) is 0 Å². The van der Waals surface area contributed by atoms with Crippen LogP contribution in [0.25, 0.3) is 11.3 Å². The van der Waals surface area contributed by atoms with Crippen molar-refractivity contribution < 1.29 is 4.79 Å². The van der Waals surface area contributed by atoms with Crippen LogP contribution < -0.4 is 11.1 Å². The summed E-state index contributed by atoms with van der Waals surface area (Å²) in [6, 6.07) is 13.6. The second-order valence-electron chi connectivity index (χ2n) is 6.43. The van der Waals surface area contributed by atoms with Crippen molar-refractivity contribution in [3.05, 3.63) is 53.7 Å². The maximum atomic E-state index is 12.6. The molecule has 4 heteroatoms. The van der Waals surface area contributed by atoms with Gasteiger partial charge in [-0.2, -0.15) is 0 Å². The summed E-state index contributed by atoms with van der Waals surface area (Å²) in [7, 11) is 0. The van der Waals surface area contributed by atoms with E-state index in [0.29, 0.717) is 17.8 Å². The molecule has 0 aliphatic carbocycles. The molecule has 1 aromatic carbocycles. The van der Waals surface area contributed by atoms with E-state index in [2.05, 4.69) is 24.1 Å². The van der Waals surface area contributed by atoms with Gasteiger partial charge in [0.05, 0.1) is 22.5 Å². The third-order valence-electron chi connectivity index (χ3n) is 4.50. The zero-order valence-corrected chi connectivity index (χ0v) is 14.3. The lowest BCUT2D eigenvalue weighted by Crippen LogP contribution is -2.55. The highest BCUT2D eigenvalue weighted by Crippen LogP contribution is 2.20. The van der Waals surface area contributed by atoms with Crippen molar-refractivity contribution in [3.63, 3.8) is 0 Å². The minimum absolute atomic E-state index is 0.128. The number of aryl methyl sites for hydroxylation is 1. The summed E-state index contributed by atoms with van der Waals surface area (Å²) in [5, 5.41) is 3.05. The van der Waals surface area contributed by atoms with Crippen LogP contribution in [0.3, 0.4) is 0 Å².